The van der Waals surface area contributed by atoms with Gasteiger partial charge in [-0.05, 0) is 24.5 Å². The Hall–Kier alpha value is -0.850. The van der Waals surface area contributed by atoms with Crippen LogP contribution < -0.4 is 4.72 Å². The molecule has 1 aromatic rings. The first-order valence-corrected chi connectivity index (χ1v) is 7.49. The Balaban J connectivity index is 1.93. The molecule has 0 amide bonds. The lowest BCUT2D eigenvalue weighted by atomic mass is 10.2. The van der Waals surface area contributed by atoms with E-state index < -0.39 is 10.2 Å². The quantitative estimate of drug-likeness (QED) is 0.852. The number of nitrogens with one attached hydrogen (secondary N) is 2. The van der Waals surface area contributed by atoms with Gasteiger partial charge in [-0.1, -0.05) is 12.8 Å². The highest BCUT2D eigenvalue weighted by molar-refractivity contribution is 7.87. The van der Waals surface area contributed by atoms with E-state index in [0.717, 1.165) is 31.2 Å². The molecule has 0 radical (unpaired) electrons. The summed E-state index contributed by atoms with van der Waals surface area (Å²) in [5.41, 5.74) is 0.948. The molecule has 0 aromatic carbocycles. The van der Waals surface area contributed by atoms with Crippen LogP contribution in [0.5, 0.6) is 0 Å². The smallest absolute Gasteiger partial charge is 0.279 e. The molecule has 0 aliphatic carbocycles. The average Bonchev–Trinajstić information content (AvgIpc) is 2.66. The summed E-state index contributed by atoms with van der Waals surface area (Å²) in [6, 6.07) is 1.87. The van der Waals surface area contributed by atoms with Gasteiger partial charge in [-0.3, -0.25) is 0 Å². The van der Waals surface area contributed by atoms with Crippen molar-refractivity contribution < 1.29 is 8.42 Å². The zero-order valence-corrected chi connectivity index (χ0v) is 10.7. The van der Waals surface area contributed by atoms with E-state index in [1.54, 1.807) is 16.7 Å². The van der Waals surface area contributed by atoms with Gasteiger partial charge in [0, 0.05) is 32.0 Å². The second kappa shape index (κ2) is 5.66. The van der Waals surface area contributed by atoms with Crippen LogP contribution in [-0.4, -0.2) is 30.8 Å². The summed E-state index contributed by atoms with van der Waals surface area (Å²) in [5, 5.41) is 0. The number of aromatic amines is 1. The minimum atomic E-state index is -3.31. The Labute approximate surface area is 102 Å². The third-order valence-corrected chi connectivity index (χ3v) is 4.58. The van der Waals surface area contributed by atoms with Crippen LogP contribution in [0, 0.1) is 0 Å². The normalized spacial score (nSPS) is 19.1. The molecule has 0 saturated carbocycles. The predicted octanol–water partition coefficient (Wildman–Crippen LogP) is 1.23. The molecule has 96 valence electrons. The molecule has 0 unspecified atom stereocenters. The maximum Gasteiger partial charge on any atom is 0.279 e. The summed E-state index contributed by atoms with van der Waals surface area (Å²) in [6.45, 7) is 1.63. The fourth-order valence-corrected chi connectivity index (χ4v) is 3.29. The molecule has 2 heterocycles. The third kappa shape index (κ3) is 3.55. The van der Waals surface area contributed by atoms with Crippen molar-refractivity contribution in [3.05, 3.63) is 24.0 Å². The van der Waals surface area contributed by atoms with Gasteiger partial charge in [-0.25, -0.2) is 0 Å². The molecule has 2 N–H and O–H groups in total. The molecule has 0 spiro atoms. The second-order valence-corrected chi connectivity index (χ2v) is 6.11. The molecule has 0 bridgehead atoms. The molecule has 2 rings (SSSR count). The Kier molecular flexibility index (Phi) is 4.20. The van der Waals surface area contributed by atoms with Crippen LogP contribution in [0.3, 0.4) is 0 Å². The summed E-state index contributed by atoms with van der Waals surface area (Å²) < 4.78 is 28.3. The van der Waals surface area contributed by atoms with Gasteiger partial charge >= 0.3 is 0 Å². The van der Waals surface area contributed by atoms with Crippen LogP contribution in [-0.2, 0) is 16.8 Å². The minimum absolute atomic E-state index is 0.350. The van der Waals surface area contributed by atoms with E-state index in [-0.39, 0.29) is 0 Å². The number of rotatable bonds is 4. The van der Waals surface area contributed by atoms with Crippen LogP contribution in [0.4, 0.5) is 0 Å². The van der Waals surface area contributed by atoms with Crippen molar-refractivity contribution in [2.75, 3.05) is 13.1 Å². The molecule has 17 heavy (non-hydrogen) atoms. The summed E-state index contributed by atoms with van der Waals surface area (Å²) >= 11 is 0. The number of aromatic nitrogens is 1. The van der Waals surface area contributed by atoms with Crippen LogP contribution in [0.25, 0.3) is 0 Å². The Morgan fingerprint density at radius 1 is 1.24 bits per heavy atom. The Morgan fingerprint density at radius 2 is 1.94 bits per heavy atom. The van der Waals surface area contributed by atoms with E-state index in [1.165, 1.54) is 0 Å². The third-order valence-electron chi connectivity index (χ3n) is 3.03. The lowest BCUT2D eigenvalue weighted by Crippen LogP contribution is -2.40. The maximum absolute atomic E-state index is 12.0. The highest BCUT2D eigenvalue weighted by Gasteiger charge is 2.22. The molecule has 6 heteroatoms. The molecular weight excluding hydrogens is 238 g/mol. The minimum Gasteiger partial charge on any atom is -0.367 e. The monoisotopic (exact) mass is 257 g/mol. The molecule has 1 saturated heterocycles. The highest BCUT2D eigenvalue weighted by Crippen LogP contribution is 2.12. The molecular formula is C11H19N3O2S. The number of hydrogen-bond donors (Lipinski definition) is 2. The van der Waals surface area contributed by atoms with Crippen LogP contribution >= 0.6 is 0 Å². The largest absolute Gasteiger partial charge is 0.367 e. The van der Waals surface area contributed by atoms with Gasteiger partial charge in [0.05, 0.1) is 0 Å². The van der Waals surface area contributed by atoms with Gasteiger partial charge < -0.3 is 4.98 Å². The zero-order chi connectivity index (χ0) is 12.1. The average molecular weight is 257 g/mol. The number of hydrogen-bond acceptors (Lipinski definition) is 2. The van der Waals surface area contributed by atoms with Crippen molar-refractivity contribution in [2.24, 2.45) is 0 Å². The lowest BCUT2D eigenvalue weighted by molar-refractivity contribution is 0.414. The maximum atomic E-state index is 12.0. The van der Waals surface area contributed by atoms with Crippen molar-refractivity contribution in [1.29, 1.82) is 0 Å². The SMILES string of the molecule is O=S(=O)(NCc1cc[nH]c1)N1CCCCCC1. The van der Waals surface area contributed by atoms with E-state index >= 15 is 0 Å². The van der Waals surface area contributed by atoms with E-state index in [4.69, 9.17) is 0 Å². The van der Waals surface area contributed by atoms with Gasteiger partial charge in [0.1, 0.15) is 0 Å². The molecule has 1 fully saturated rings. The molecule has 5 nitrogen and oxygen atoms in total. The molecule has 0 atom stereocenters. The van der Waals surface area contributed by atoms with Gasteiger partial charge in [0.25, 0.3) is 10.2 Å². The fourth-order valence-electron chi connectivity index (χ4n) is 2.02. The Bertz CT molecular complexity index is 420. The predicted molar refractivity (Wildman–Crippen MR) is 66.6 cm³/mol. The number of nitrogens with zero attached hydrogens (tertiary/aromatic N) is 1. The standard InChI is InChI=1S/C11H19N3O2S/c15-17(16,13-10-11-5-6-12-9-11)14-7-3-1-2-4-8-14/h5-6,9,12-13H,1-4,7-8,10H2. The van der Waals surface area contributed by atoms with E-state index in [1.807, 2.05) is 6.07 Å². The van der Waals surface area contributed by atoms with Crippen LogP contribution in [0.1, 0.15) is 31.2 Å². The van der Waals surface area contributed by atoms with Crippen molar-refractivity contribution in [1.82, 2.24) is 14.0 Å². The zero-order valence-electron chi connectivity index (χ0n) is 9.85. The lowest BCUT2D eigenvalue weighted by Gasteiger charge is -2.19. The first-order chi connectivity index (χ1) is 8.18. The van der Waals surface area contributed by atoms with Crippen LogP contribution in [0.2, 0.25) is 0 Å². The molecule has 1 aromatic heterocycles. The Morgan fingerprint density at radius 3 is 2.53 bits per heavy atom. The highest BCUT2D eigenvalue weighted by atomic mass is 32.2. The summed E-state index contributed by atoms with van der Waals surface area (Å²) in [5.74, 6) is 0. The summed E-state index contributed by atoms with van der Waals surface area (Å²) in [4.78, 5) is 2.91. The summed E-state index contributed by atoms with van der Waals surface area (Å²) in [6.07, 6.45) is 7.77. The van der Waals surface area contributed by atoms with Gasteiger partial charge in [0.15, 0.2) is 0 Å². The van der Waals surface area contributed by atoms with Crippen molar-refractivity contribution in [3.63, 3.8) is 0 Å². The van der Waals surface area contributed by atoms with Gasteiger partial charge in [0.2, 0.25) is 0 Å². The summed E-state index contributed by atoms with van der Waals surface area (Å²) in [7, 11) is -3.31. The molecule has 1 aliphatic rings. The van der Waals surface area contributed by atoms with Gasteiger partial charge in [-0.15, -0.1) is 0 Å². The van der Waals surface area contributed by atoms with Crippen molar-refractivity contribution in [3.8, 4) is 0 Å². The topological polar surface area (TPSA) is 65.2 Å². The van der Waals surface area contributed by atoms with E-state index in [2.05, 4.69) is 9.71 Å². The first-order valence-electron chi connectivity index (χ1n) is 6.05. The fraction of sp³-hybridized carbons (Fsp3) is 0.636. The number of H-pyrrole nitrogens is 1. The van der Waals surface area contributed by atoms with E-state index in [0.29, 0.717) is 19.6 Å². The van der Waals surface area contributed by atoms with E-state index in [9.17, 15) is 8.42 Å². The van der Waals surface area contributed by atoms with Gasteiger partial charge in [-0.2, -0.15) is 17.4 Å². The van der Waals surface area contributed by atoms with Crippen molar-refractivity contribution in [2.45, 2.75) is 32.2 Å². The second-order valence-electron chi connectivity index (χ2n) is 4.36. The van der Waals surface area contributed by atoms with Crippen molar-refractivity contribution >= 4 is 10.2 Å². The molecule has 1 aliphatic heterocycles. The van der Waals surface area contributed by atoms with Crippen LogP contribution in [0.15, 0.2) is 18.5 Å². The first kappa shape index (κ1) is 12.6.